The fraction of sp³-hybridized carbons (Fsp3) is 0.533. The highest BCUT2D eigenvalue weighted by Gasteiger charge is 2.26. The van der Waals surface area contributed by atoms with Gasteiger partial charge in [0.2, 0.25) is 0 Å². The van der Waals surface area contributed by atoms with E-state index in [9.17, 15) is 9.90 Å². The number of aromatic hydroxyl groups is 1. The molecule has 0 aliphatic carbocycles. The molecule has 0 spiro atoms. The van der Waals surface area contributed by atoms with Crippen LogP contribution >= 0.6 is 11.8 Å². The number of carbonyl (C=O) groups excluding carboxylic acids is 1. The maximum Gasteiger partial charge on any atom is 0.255 e. The highest BCUT2D eigenvalue weighted by Crippen LogP contribution is 2.30. The summed E-state index contributed by atoms with van der Waals surface area (Å²) in [4.78, 5) is 12.1. The van der Waals surface area contributed by atoms with Gasteiger partial charge in [0, 0.05) is 17.4 Å². The summed E-state index contributed by atoms with van der Waals surface area (Å²) in [7, 11) is 1.52. The molecule has 0 bridgehead atoms. The summed E-state index contributed by atoms with van der Waals surface area (Å²) in [5, 5.41) is 12.8. The van der Waals surface area contributed by atoms with Gasteiger partial charge in [0.15, 0.2) is 0 Å². The second kappa shape index (κ2) is 7.43. The lowest BCUT2D eigenvalue weighted by Crippen LogP contribution is -2.39. The molecule has 0 aliphatic heterocycles. The number of phenols is 1. The van der Waals surface area contributed by atoms with Gasteiger partial charge >= 0.3 is 0 Å². The number of hydrogen-bond acceptors (Lipinski definition) is 4. The SMILES string of the molecule is CCC(CC)(CNC(=O)c1ccc(OC)cc1O)SC. The number of thioether (sulfide) groups is 1. The van der Waals surface area contributed by atoms with E-state index in [0.29, 0.717) is 12.3 Å². The Labute approximate surface area is 124 Å². The molecule has 20 heavy (non-hydrogen) atoms. The van der Waals surface area contributed by atoms with Crippen LogP contribution in [0.4, 0.5) is 0 Å². The van der Waals surface area contributed by atoms with E-state index in [4.69, 9.17) is 4.74 Å². The van der Waals surface area contributed by atoms with Crippen LogP contribution in [-0.2, 0) is 0 Å². The van der Waals surface area contributed by atoms with Crippen molar-refractivity contribution in [2.75, 3.05) is 19.9 Å². The van der Waals surface area contributed by atoms with E-state index in [1.54, 1.807) is 23.9 Å². The third kappa shape index (κ3) is 3.82. The van der Waals surface area contributed by atoms with Crippen LogP contribution in [0.25, 0.3) is 0 Å². The quantitative estimate of drug-likeness (QED) is 0.812. The van der Waals surface area contributed by atoms with Crippen LogP contribution in [0.15, 0.2) is 18.2 Å². The molecule has 0 atom stereocenters. The molecule has 0 aromatic heterocycles. The van der Waals surface area contributed by atoms with Gasteiger partial charge in [-0.25, -0.2) is 0 Å². The first-order chi connectivity index (χ1) is 9.51. The van der Waals surface area contributed by atoms with Crippen LogP contribution in [0, 0.1) is 0 Å². The first kappa shape index (κ1) is 16.7. The largest absolute Gasteiger partial charge is 0.507 e. The third-order valence-electron chi connectivity index (χ3n) is 3.74. The van der Waals surface area contributed by atoms with Crippen molar-refractivity contribution in [1.82, 2.24) is 5.32 Å². The molecule has 4 nitrogen and oxygen atoms in total. The number of carbonyl (C=O) groups is 1. The van der Waals surface area contributed by atoms with Gasteiger partial charge < -0.3 is 15.2 Å². The Kier molecular flexibility index (Phi) is 6.20. The molecule has 1 rings (SSSR count). The first-order valence-corrected chi connectivity index (χ1v) is 7.94. The number of amides is 1. The summed E-state index contributed by atoms with van der Waals surface area (Å²) >= 11 is 1.77. The zero-order chi connectivity index (χ0) is 15.2. The highest BCUT2D eigenvalue weighted by atomic mass is 32.2. The summed E-state index contributed by atoms with van der Waals surface area (Å²) in [6, 6.07) is 4.68. The van der Waals surface area contributed by atoms with Crippen molar-refractivity contribution in [1.29, 1.82) is 0 Å². The molecule has 5 heteroatoms. The Hall–Kier alpha value is -1.36. The van der Waals surface area contributed by atoms with Gasteiger partial charge in [0.05, 0.1) is 12.7 Å². The van der Waals surface area contributed by atoms with E-state index < -0.39 is 0 Å². The van der Waals surface area contributed by atoms with E-state index in [0.717, 1.165) is 12.8 Å². The number of ether oxygens (including phenoxy) is 1. The fourth-order valence-corrected chi connectivity index (χ4v) is 2.82. The van der Waals surface area contributed by atoms with Gasteiger partial charge in [-0.3, -0.25) is 4.79 Å². The van der Waals surface area contributed by atoms with Crippen molar-refractivity contribution in [2.24, 2.45) is 0 Å². The molecule has 0 fully saturated rings. The standard InChI is InChI=1S/C15H23NO3S/c1-5-15(6-2,20-4)10-16-14(18)12-8-7-11(19-3)9-13(12)17/h7-9,17H,5-6,10H2,1-4H3,(H,16,18). The molecule has 1 amide bonds. The molecule has 0 aliphatic rings. The normalized spacial score (nSPS) is 11.2. The minimum Gasteiger partial charge on any atom is -0.507 e. The second-order valence-corrected chi connectivity index (χ2v) is 5.93. The minimum absolute atomic E-state index is 0.0533. The summed E-state index contributed by atoms with van der Waals surface area (Å²) in [6.45, 7) is 4.83. The average Bonchev–Trinajstić information content (AvgIpc) is 2.48. The minimum atomic E-state index is -0.259. The Bertz CT molecular complexity index is 450. The van der Waals surface area contributed by atoms with Crippen molar-refractivity contribution >= 4 is 17.7 Å². The summed E-state index contributed by atoms with van der Waals surface area (Å²) in [5.74, 6) is 0.203. The fourth-order valence-electron chi connectivity index (χ4n) is 2.03. The lowest BCUT2D eigenvalue weighted by molar-refractivity contribution is 0.0946. The molecule has 0 saturated heterocycles. The predicted molar refractivity (Wildman–Crippen MR) is 83.8 cm³/mol. The maximum absolute atomic E-state index is 12.1. The van der Waals surface area contributed by atoms with Crippen molar-refractivity contribution in [3.8, 4) is 11.5 Å². The van der Waals surface area contributed by atoms with Crippen LogP contribution < -0.4 is 10.1 Å². The van der Waals surface area contributed by atoms with E-state index in [-0.39, 0.29) is 22.0 Å². The van der Waals surface area contributed by atoms with Crippen LogP contribution in [0.3, 0.4) is 0 Å². The summed E-state index contributed by atoms with van der Waals surface area (Å²) in [5.41, 5.74) is 0.271. The monoisotopic (exact) mass is 297 g/mol. The highest BCUT2D eigenvalue weighted by molar-refractivity contribution is 8.00. The van der Waals surface area contributed by atoms with Gasteiger partial charge in [-0.05, 0) is 31.2 Å². The van der Waals surface area contributed by atoms with Crippen LogP contribution in [-0.4, -0.2) is 35.7 Å². The van der Waals surface area contributed by atoms with Gasteiger partial charge in [0.1, 0.15) is 11.5 Å². The van der Waals surface area contributed by atoms with E-state index in [2.05, 4.69) is 25.4 Å². The topological polar surface area (TPSA) is 58.6 Å². The zero-order valence-electron chi connectivity index (χ0n) is 12.5. The lowest BCUT2D eigenvalue weighted by Gasteiger charge is -2.29. The maximum atomic E-state index is 12.1. The van der Waals surface area contributed by atoms with Crippen molar-refractivity contribution in [3.63, 3.8) is 0 Å². The molecular formula is C15H23NO3S. The van der Waals surface area contributed by atoms with Gasteiger partial charge in [0.25, 0.3) is 5.91 Å². The van der Waals surface area contributed by atoms with E-state index >= 15 is 0 Å². The summed E-state index contributed by atoms with van der Waals surface area (Å²) < 4.78 is 5.05. The molecule has 0 saturated carbocycles. The van der Waals surface area contributed by atoms with Gasteiger partial charge in [-0.1, -0.05) is 13.8 Å². The second-order valence-electron chi connectivity index (χ2n) is 4.66. The number of phenolic OH excluding ortho intramolecular Hbond substituents is 1. The van der Waals surface area contributed by atoms with E-state index in [1.807, 2.05) is 0 Å². The average molecular weight is 297 g/mol. The number of hydrogen-bond donors (Lipinski definition) is 2. The van der Waals surface area contributed by atoms with Gasteiger partial charge in [-0.15, -0.1) is 0 Å². The number of benzene rings is 1. The Morgan fingerprint density at radius 2 is 2.05 bits per heavy atom. The van der Waals surface area contributed by atoms with Crippen LogP contribution in [0.1, 0.15) is 37.0 Å². The Balaban J connectivity index is 2.77. The van der Waals surface area contributed by atoms with E-state index in [1.165, 1.54) is 13.2 Å². The molecule has 2 N–H and O–H groups in total. The van der Waals surface area contributed by atoms with Gasteiger partial charge in [-0.2, -0.15) is 11.8 Å². The molecule has 1 aromatic rings. The predicted octanol–water partition coefficient (Wildman–Crippen LogP) is 3.05. The summed E-state index contributed by atoms with van der Waals surface area (Å²) in [6.07, 6.45) is 4.03. The molecule has 0 radical (unpaired) electrons. The first-order valence-electron chi connectivity index (χ1n) is 6.72. The number of nitrogens with one attached hydrogen (secondary N) is 1. The lowest BCUT2D eigenvalue weighted by atomic mass is 10.0. The Morgan fingerprint density at radius 1 is 1.40 bits per heavy atom. The molecule has 0 heterocycles. The number of methoxy groups -OCH3 is 1. The van der Waals surface area contributed by atoms with Crippen molar-refractivity contribution < 1.29 is 14.6 Å². The molecule has 1 aromatic carbocycles. The Morgan fingerprint density at radius 3 is 2.50 bits per heavy atom. The van der Waals surface area contributed by atoms with Crippen LogP contribution in [0.2, 0.25) is 0 Å². The molecular weight excluding hydrogens is 274 g/mol. The van der Waals surface area contributed by atoms with Crippen molar-refractivity contribution in [3.05, 3.63) is 23.8 Å². The molecule has 0 unspecified atom stereocenters. The molecule has 112 valence electrons. The smallest absolute Gasteiger partial charge is 0.255 e. The number of rotatable bonds is 7. The van der Waals surface area contributed by atoms with Crippen molar-refractivity contribution in [2.45, 2.75) is 31.4 Å². The van der Waals surface area contributed by atoms with Crippen LogP contribution in [0.5, 0.6) is 11.5 Å². The zero-order valence-corrected chi connectivity index (χ0v) is 13.3. The third-order valence-corrected chi connectivity index (χ3v) is 5.33.